The van der Waals surface area contributed by atoms with Gasteiger partial charge in [0.1, 0.15) is 6.61 Å². The largest absolute Gasteiger partial charge is 0.447 e. The maximum absolute atomic E-state index is 11.3. The van der Waals surface area contributed by atoms with Crippen molar-refractivity contribution in [1.29, 1.82) is 0 Å². The first-order valence-corrected chi connectivity index (χ1v) is 5.56. The molecular weight excluding hydrogens is 238 g/mol. The summed E-state index contributed by atoms with van der Waals surface area (Å²) in [5.41, 5.74) is 0. The molecule has 1 heterocycles. The van der Waals surface area contributed by atoms with Gasteiger partial charge in [0.2, 0.25) is 0 Å². The average Bonchev–Trinajstić information content (AvgIpc) is 2.60. The summed E-state index contributed by atoms with van der Waals surface area (Å²) < 4.78 is 5.44. The lowest BCUT2D eigenvalue weighted by molar-refractivity contribution is 0.0896. The van der Waals surface area contributed by atoms with Gasteiger partial charge in [-0.2, -0.15) is 0 Å². The van der Waals surface area contributed by atoms with Crippen LogP contribution in [0.2, 0.25) is 4.34 Å². The molecule has 0 saturated heterocycles. The first-order chi connectivity index (χ1) is 7.13. The topological polar surface area (TPSA) is 49.8 Å². The lowest BCUT2D eigenvalue weighted by Gasteiger charge is -2.15. The Kier molecular flexibility index (Phi) is 4.87. The number of nitrogens with zero attached hydrogens (tertiary/aromatic N) is 1. The summed E-state index contributed by atoms with van der Waals surface area (Å²) in [5.74, 6) is 0. The van der Waals surface area contributed by atoms with Gasteiger partial charge in [-0.1, -0.05) is 11.6 Å². The molecule has 0 fully saturated rings. The third-order valence-corrected chi connectivity index (χ3v) is 2.87. The molecule has 0 aliphatic rings. The molecule has 1 amide bonds. The van der Waals surface area contributed by atoms with Crippen LogP contribution in [0.15, 0.2) is 12.1 Å². The van der Waals surface area contributed by atoms with Crippen LogP contribution in [-0.2, 0) is 11.3 Å². The first-order valence-electron chi connectivity index (χ1n) is 4.36. The molecule has 1 aromatic heterocycles. The minimum absolute atomic E-state index is 0.0222. The Morgan fingerprint density at radius 3 is 2.93 bits per heavy atom. The lowest BCUT2D eigenvalue weighted by Crippen LogP contribution is -2.27. The minimum atomic E-state index is -0.450. The van der Waals surface area contributed by atoms with Crippen LogP contribution >= 0.6 is 22.9 Å². The van der Waals surface area contributed by atoms with E-state index in [0.29, 0.717) is 10.9 Å². The molecule has 1 aromatic rings. The molecule has 0 radical (unpaired) electrons. The fourth-order valence-electron chi connectivity index (χ4n) is 0.978. The number of aliphatic hydroxyl groups is 1. The summed E-state index contributed by atoms with van der Waals surface area (Å²) in [6.45, 7) is 0.320. The third-order valence-electron chi connectivity index (χ3n) is 1.65. The number of hydrogen-bond donors (Lipinski definition) is 1. The zero-order valence-electron chi connectivity index (χ0n) is 8.27. The predicted molar refractivity (Wildman–Crippen MR) is 59.2 cm³/mol. The molecule has 0 aliphatic heterocycles. The quantitative estimate of drug-likeness (QED) is 0.888. The first kappa shape index (κ1) is 12.3. The van der Waals surface area contributed by atoms with Crippen LogP contribution in [0, 0.1) is 0 Å². The fourth-order valence-corrected chi connectivity index (χ4v) is 2.12. The Balaban J connectivity index is 2.41. The summed E-state index contributed by atoms with van der Waals surface area (Å²) in [5, 5.41) is 8.48. The van der Waals surface area contributed by atoms with Crippen LogP contribution in [0.25, 0.3) is 0 Å². The van der Waals surface area contributed by atoms with E-state index in [4.69, 9.17) is 21.4 Å². The van der Waals surface area contributed by atoms with Crippen molar-refractivity contribution >= 4 is 29.0 Å². The highest BCUT2D eigenvalue weighted by molar-refractivity contribution is 7.16. The van der Waals surface area contributed by atoms with E-state index < -0.39 is 6.09 Å². The van der Waals surface area contributed by atoms with Gasteiger partial charge in [-0.3, -0.25) is 0 Å². The van der Waals surface area contributed by atoms with E-state index >= 15 is 0 Å². The van der Waals surface area contributed by atoms with Crippen LogP contribution in [0.1, 0.15) is 4.88 Å². The Morgan fingerprint density at radius 2 is 2.40 bits per heavy atom. The summed E-state index contributed by atoms with van der Waals surface area (Å²) >= 11 is 7.18. The summed E-state index contributed by atoms with van der Waals surface area (Å²) in [6.07, 6.45) is -0.450. The minimum Gasteiger partial charge on any atom is -0.447 e. The number of carbonyl (C=O) groups is 1. The van der Waals surface area contributed by atoms with Crippen molar-refractivity contribution in [3.05, 3.63) is 21.3 Å². The van der Waals surface area contributed by atoms with Gasteiger partial charge in [-0.05, 0) is 12.1 Å². The van der Waals surface area contributed by atoms with Crippen molar-refractivity contribution < 1.29 is 14.6 Å². The third kappa shape index (κ3) is 4.07. The molecule has 4 nitrogen and oxygen atoms in total. The van der Waals surface area contributed by atoms with Crippen LogP contribution in [0.4, 0.5) is 4.79 Å². The van der Waals surface area contributed by atoms with Crippen LogP contribution in [0.5, 0.6) is 0 Å². The van der Waals surface area contributed by atoms with Crippen molar-refractivity contribution in [2.75, 3.05) is 20.3 Å². The molecule has 6 heteroatoms. The molecule has 1 rings (SSSR count). The molecule has 84 valence electrons. The number of carbonyl (C=O) groups excluding carboxylic acids is 1. The molecule has 0 atom stereocenters. The van der Waals surface area contributed by atoms with E-state index in [1.165, 1.54) is 16.2 Å². The SMILES string of the molecule is CN(Cc1ccc(Cl)s1)C(=O)OCCO. The summed E-state index contributed by atoms with van der Waals surface area (Å²) in [4.78, 5) is 13.7. The van der Waals surface area contributed by atoms with E-state index in [0.717, 1.165) is 4.88 Å². The van der Waals surface area contributed by atoms with E-state index in [-0.39, 0.29) is 13.2 Å². The van der Waals surface area contributed by atoms with Gasteiger partial charge < -0.3 is 14.7 Å². The van der Waals surface area contributed by atoms with Crippen LogP contribution in [-0.4, -0.2) is 36.4 Å². The second-order valence-electron chi connectivity index (χ2n) is 2.90. The predicted octanol–water partition coefficient (Wildman–Crippen LogP) is 1.96. The second-order valence-corrected chi connectivity index (χ2v) is 4.70. The molecule has 0 unspecified atom stereocenters. The van der Waals surface area contributed by atoms with E-state index in [9.17, 15) is 4.79 Å². The summed E-state index contributed by atoms with van der Waals surface area (Å²) in [6, 6.07) is 3.65. The molecule has 1 N–H and O–H groups in total. The molecule has 0 bridgehead atoms. The zero-order valence-corrected chi connectivity index (χ0v) is 9.85. The number of aliphatic hydroxyl groups excluding tert-OH is 1. The van der Waals surface area contributed by atoms with Gasteiger partial charge in [0.25, 0.3) is 0 Å². The van der Waals surface area contributed by atoms with Gasteiger partial charge in [0.15, 0.2) is 0 Å². The Morgan fingerprint density at radius 1 is 1.67 bits per heavy atom. The van der Waals surface area contributed by atoms with Crippen molar-refractivity contribution in [1.82, 2.24) is 4.90 Å². The number of rotatable bonds is 4. The zero-order chi connectivity index (χ0) is 11.3. The van der Waals surface area contributed by atoms with Crippen molar-refractivity contribution in [2.24, 2.45) is 0 Å². The Bertz CT molecular complexity index is 329. The highest BCUT2D eigenvalue weighted by Gasteiger charge is 2.11. The van der Waals surface area contributed by atoms with Gasteiger partial charge in [-0.25, -0.2) is 4.79 Å². The number of ether oxygens (including phenoxy) is 1. The maximum atomic E-state index is 11.3. The lowest BCUT2D eigenvalue weighted by atomic mass is 10.4. The summed E-state index contributed by atoms with van der Waals surface area (Å²) in [7, 11) is 1.63. The van der Waals surface area contributed by atoms with Crippen molar-refractivity contribution in [2.45, 2.75) is 6.54 Å². The normalized spacial score (nSPS) is 10.1. The molecule has 0 aliphatic carbocycles. The molecule has 0 aromatic carbocycles. The van der Waals surface area contributed by atoms with Crippen LogP contribution < -0.4 is 0 Å². The highest BCUT2D eigenvalue weighted by Crippen LogP contribution is 2.22. The highest BCUT2D eigenvalue weighted by atomic mass is 35.5. The average molecular weight is 250 g/mol. The van der Waals surface area contributed by atoms with Gasteiger partial charge >= 0.3 is 6.09 Å². The van der Waals surface area contributed by atoms with Gasteiger partial charge in [0.05, 0.1) is 17.5 Å². The number of amides is 1. The molecule has 15 heavy (non-hydrogen) atoms. The monoisotopic (exact) mass is 249 g/mol. The smallest absolute Gasteiger partial charge is 0.409 e. The van der Waals surface area contributed by atoms with E-state index in [1.807, 2.05) is 6.07 Å². The second kappa shape index (κ2) is 5.95. The van der Waals surface area contributed by atoms with Gasteiger partial charge in [0, 0.05) is 11.9 Å². The van der Waals surface area contributed by atoms with E-state index in [1.54, 1.807) is 13.1 Å². The fraction of sp³-hybridized carbons (Fsp3) is 0.444. The maximum Gasteiger partial charge on any atom is 0.409 e. The Hall–Kier alpha value is -0.780. The van der Waals surface area contributed by atoms with E-state index in [2.05, 4.69) is 0 Å². The Labute approximate surface area is 97.0 Å². The standard InChI is InChI=1S/C9H12ClNO3S/c1-11(9(13)14-5-4-12)6-7-2-3-8(10)15-7/h2-3,12H,4-6H2,1H3. The number of hydrogen-bond acceptors (Lipinski definition) is 4. The van der Waals surface area contributed by atoms with Crippen molar-refractivity contribution in [3.63, 3.8) is 0 Å². The van der Waals surface area contributed by atoms with Gasteiger partial charge in [-0.15, -0.1) is 11.3 Å². The van der Waals surface area contributed by atoms with Crippen LogP contribution in [0.3, 0.4) is 0 Å². The molecule has 0 spiro atoms. The molecule has 0 saturated carbocycles. The van der Waals surface area contributed by atoms with Crippen molar-refractivity contribution in [3.8, 4) is 0 Å². The number of halogens is 1. The molecular formula is C9H12ClNO3S. The number of thiophene rings is 1.